The van der Waals surface area contributed by atoms with Gasteiger partial charge in [0.1, 0.15) is 5.69 Å². The third-order valence-corrected chi connectivity index (χ3v) is 4.43. The Balaban J connectivity index is 0.000000487. The van der Waals surface area contributed by atoms with Crippen LogP contribution < -0.4 is 5.32 Å². The molecule has 1 heterocycles. The van der Waals surface area contributed by atoms with Crippen LogP contribution in [0.5, 0.6) is 0 Å². The minimum absolute atomic E-state index is 0.253. The summed E-state index contributed by atoms with van der Waals surface area (Å²) in [6, 6.07) is 0.628. The van der Waals surface area contributed by atoms with E-state index in [1.807, 2.05) is 20.8 Å². The van der Waals surface area contributed by atoms with Gasteiger partial charge in [0.15, 0.2) is 0 Å². The molecule has 0 amide bonds. The molecule has 8 heteroatoms. The predicted octanol–water partition coefficient (Wildman–Crippen LogP) is 2.39. The molecule has 0 bridgehead atoms. The van der Waals surface area contributed by atoms with E-state index in [4.69, 9.17) is 24.5 Å². The van der Waals surface area contributed by atoms with Gasteiger partial charge in [-0.15, -0.1) is 0 Å². The molecule has 1 aliphatic carbocycles. The second kappa shape index (κ2) is 10.6. The maximum Gasteiger partial charge on any atom is 0.414 e. The van der Waals surface area contributed by atoms with Crippen LogP contribution in [0.1, 0.15) is 66.3 Å². The fraction of sp³-hybridized carbons (Fsp3) is 0.611. The summed E-state index contributed by atoms with van der Waals surface area (Å²) in [7, 11) is 0. The van der Waals surface area contributed by atoms with Crippen molar-refractivity contribution >= 4 is 17.9 Å². The zero-order valence-electron chi connectivity index (χ0n) is 15.6. The highest BCUT2D eigenvalue weighted by Gasteiger charge is 2.19. The fourth-order valence-electron chi connectivity index (χ4n) is 3.01. The van der Waals surface area contributed by atoms with Crippen LogP contribution in [0.2, 0.25) is 0 Å². The minimum atomic E-state index is -1.82. The van der Waals surface area contributed by atoms with Crippen LogP contribution in [0, 0.1) is 13.8 Å². The fourth-order valence-corrected chi connectivity index (χ4v) is 3.01. The van der Waals surface area contributed by atoms with E-state index in [9.17, 15) is 4.79 Å². The Morgan fingerprint density at radius 1 is 1.12 bits per heavy atom. The molecule has 1 fully saturated rings. The summed E-state index contributed by atoms with van der Waals surface area (Å²) in [6.45, 7) is 7.08. The first-order chi connectivity index (χ1) is 12.3. The van der Waals surface area contributed by atoms with Crippen LogP contribution in [0.3, 0.4) is 0 Å². The monoisotopic (exact) mass is 368 g/mol. The molecule has 0 saturated heterocycles. The smallest absolute Gasteiger partial charge is 0.414 e. The number of carbonyl (C=O) groups excluding carboxylic acids is 1. The maximum absolute atomic E-state index is 11.9. The molecule has 4 N–H and O–H groups in total. The Hall–Kier alpha value is -2.35. The van der Waals surface area contributed by atoms with E-state index in [1.54, 1.807) is 0 Å². The third-order valence-electron chi connectivity index (χ3n) is 4.43. The van der Waals surface area contributed by atoms with E-state index in [2.05, 4.69) is 10.3 Å². The quantitative estimate of drug-likeness (QED) is 0.464. The van der Waals surface area contributed by atoms with Crippen LogP contribution >= 0.6 is 0 Å². The Kier molecular flexibility index (Phi) is 8.84. The highest BCUT2D eigenvalue weighted by atomic mass is 16.5. The van der Waals surface area contributed by atoms with Gasteiger partial charge in [0.2, 0.25) is 0 Å². The molecule has 0 aliphatic heterocycles. The lowest BCUT2D eigenvalue weighted by molar-refractivity contribution is -0.159. The summed E-state index contributed by atoms with van der Waals surface area (Å²) in [4.78, 5) is 33.2. The van der Waals surface area contributed by atoms with Crippen LogP contribution in [0.15, 0.2) is 0 Å². The molecule has 2 rings (SSSR count). The number of carboxylic acid groups (broad SMARTS) is 2. The van der Waals surface area contributed by atoms with E-state index >= 15 is 0 Å². The molecule has 0 radical (unpaired) electrons. The van der Waals surface area contributed by atoms with Gasteiger partial charge in [-0.05, 0) is 44.7 Å². The number of nitrogens with one attached hydrogen (secondary N) is 2. The van der Waals surface area contributed by atoms with E-state index in [1.165, 1.54) is 37.7 Å². The molecular formula is C18H28N2O6. The number of ether oxygens (including phenoxy) is 1. The number of hydrogen-bond acceptors (Lipinski definition) is 5. The number of aromatic amines is 1. The second-order valence-electron chi connectivity index (χ2n) is 6.28. The molecule has 0 aromatic carbocycles. The zero-order chi connectivity index (χ0) is 19.7. The van der Waals surface area contributed by atoms with E-state index < -0.39 is 11.9 Å². The third kappa shape index (κ3) is 6.51. The molecule has 0 spiro atoms. The summed E-state index contributed by atoms with van der Waals surface area (Å²) < 4.78 is 5.08. The van der Waals surface area contributed by atoms with Crippen molar-refractivity contribution < 1.29 is 29.3 Å². The van der Waals surface area contributed by atoms with Gasteiger partial charge in [0.05, 0.1) is 6.61 Å². The van der Waals surface area contributed by atoms with Crippen LogP contribution in [0.4, 0.5) is 0 Å². The first-order valence-corrected chi connectivity index (χ1v) is 8.82. The highest BCUT2D eigenvalue weighted by molar-refractivity contribution is 6.27. The number of aromatic nitrogens is 1. The molecule has 1 aromatic rings. The molecule has 146 valence electrons. The molecule has 1 aromatic heterocycles. The summed E-state index contributed by atoms with van der Waals surface area (Å²) in [5.41, 5.74) is 3.89. The van der Waals surface area contributed by atoms with Gasteiger partial charge in [-0.3, -0.25) is 0 Å². The number of aryl methyl sites for hydroxylation is 1. The summed E-state index contributed by atoms with van der Waals surface area (Å²) in [6.07, 6.45) is 6.57. The second-order valence-corrected chi connectivity index (χ2v) is 6.28. The van der Waals surface area contributed by atoms with Crippen molar-refractivity contribution in [3.05, 3.63) is 22.5 Å². The lowest BCUT2D eigenvalue weighted by Crippen LogP contribution is -2.30. The van der Waals surface area contributed by atoms with E-state index in [0.717, 1.165) is 17.8 Å². The van der Waals surface area contributed by atoms with Crippen molar-refractivity contribution in [3.8, 4) is 0 Å². The molecule has 1 saturated carbocycles. The van der Waals surface area contributed by atoms with Crippen LogP contribution in [0.25, 0.3) is 0 Å². The van der Waals surface area contributed by atoms with Gasteiger partial charge in [0.25, 0.3) is 0 Å². The largest absolute Gasteiger partial charge is 0.473 e. The van der Waals surface area contributed by atoms with Crippen molar-refractivity contribution in [1.82, 2.24) is 10.3 Å². The van der Waals surface area contributed by atoms with E-state index in [-0.39, 0.29) is 5.97 Å². The number of hydrogen-bond donors (Lipinski definition) is 4. The maximum atomic E-state index is 11.9. The number of H-pyrrole nitrogens is 1. The van der Waals surface area contributed by atoms with Crippen molar-refractivity contribution in [2.24, 2.45) is 0 Å². The van der Waals surface area contributed by atoms with Gasteiger partial charge >= 0.3 is 17.9 Å². The van der Waals surface area contributed by atoms with Gasteiger partial charge in [-0.2, -0.15) is 0 Å². The van der Waals surface area contributed by atoms with Crippen molar-refractivity contribution in [1.29, 1.82) is 0 Å². The molecule has 0 unspecified atom stereocenters. The zero-order valence-corrected chi connectivity index (χ0v) is 15.6. The average molecular weight is 368 g/mol. The normalized spacial score (nSPS) is 14.3. The standard InChI is InChI=1S/C16H26N2O2.C2H2O4/c1-4-20-16(19)15-11(2)14(12(3)18-15)10-17-13-8-6-5-7-9-13;3-1(4)2(5)6/h13,17-18H,4-10H2,1-3H3;(H,3,4)(H,5,6). The molecule has 26 heavy (non-hydrogen) atoms. The number of esters is 1. The lowest BCUT2D eigenvalue weighted by atomic mass is 9.95. The summed E-state index contributed by atoms with van der Waals surface area (Å²) in [5, 5.41) is 18.4. The summed E-state index contributed by atoms with van der Waals surface area (Å²) >= 11 is 0. The Morgan fingerprint density at radius 3 is 2.19 bits per heavy atom. The molecule has 8 nitrogen and oxygen atoms in total. The SMILES string of the molecule is CCOC(=O)c1[nH]c(C)c(CNC2CCCCC2)c1C.O=C(O)C(=O)O. The average Bonchev–Trinajstić information content (AvgIpc) is 2.89. The Morgan fingerprint density at radius 2 is 1.69 bits per heavy atom. The van der Waals surface area contributed by atoms with Crippen molar-refractivity contribution in [3.63, 3.8) is 0 Å². The lowest BCUT2D eigenvalue weighted by Gasteiger charge is -2.23. The minimum Gasteiger partial charge on any atom is -0.473 e. The number of aliphatic carboxylic acids is 2. The van der Waals surface area contributed by atoms with Gasteiger partial charge in [-0.25, -0.2) is 14.4 Å². The number of carbonyl (C=O) groups is 3. The molecular weight excluding hydrogens is 340 g/mol. The topological polar surface area (TPSA) is 129 Å². The Labute approximate surface area is 152 Å². The van der Waals surface area contributed by atoms with Gasteiger partial charge in [0, 0.05) is 18.3 Å². The first kappa shape index (κ1) is 21.7. The molecule has 1 aliphatic rings. The molecule has 0 atom stereocenters. The van der Waals surface area contributed by atoms with Gasteiger partial charge in [-0.1, -0.05) is 19.3 Å². The van der Waals surface area contributed by atoms with Crippen molar-refractivity contribution in [2.45, 2.75) is 65.5 Å². The first-order valence-electron chi connectivity index (χ1n) is 8.82. The van der Waals surface area contributed by atoms with Gasteiger partial charge < -0.3 is 25.3 Å². The summed E-state index contributed by atoms with van der Waals surface area (Å²) in [5.74, 6) is -3.90. The number of rotatable bonds is 5. The predicted molar refractivity (Wildman–Crippen MR) is 95.2 cm³/mol. The van der Waals surface area contributed by atoms with Crippen molar-refractivity contribution in [2.75, 3.05) is 6.61 Å². The van der Waals surface area contributed by atoms with Crippen LogP contribution in [-0.4, -0.2) is 45.8 Å². The number of carboxylic acids is 2. The van der Waals surface area contributed by atoms with Crippen LogP contribution in [-0.2, 0) is 20.9 Å². The Bertz CT molecular complexity index is 620. The highest BCUT2D eigenvalue weighted by Crippen LogP contribution is 2.21. The van der Waals surface area contributed by atoms with E-state index in [0.29, 0.717) is 18.3 Å².